The molecule has 0 spiro atoms. The molecule has 0 amide bonds. The summed E-state index contributed by atoms with van der Waals surface area (Å²) in [5.41, 5.74) is -0.759. The summed E-state index contributed by atoms with van der Waals surface area (Å²) >= 11 is 0. The fraction of sp³-hybridized carbons (Fsp3) is 0.889. The van der Waals surface area contributed by atoms with Crippen LogP contribution in [0.5, 0.6) is 0 Å². The first-order chi connectivity index (χ1) is 4.90. The second kappa shape index (κ2) is 2.31. The van der Waals surface area contributed by atoms with E-state index in [1.165, 1.54) is 0 Å². The molecule has 2 nitrogen and oxygen atoms in total. The van der Waals surface area contributed by atoms with Crippen molar-refractivity contribution < 1.29 is 9.53 Å². The largest absolute Gasteiger partial charge is 0.361 e. The fourth-order valence-electron chi connectivity index (χ4n) is 1.55. The lowest BCUT2D eigenvalue weighted by Crippen LogP contribution is -2.32. The van der Waals surface area contributed by atoms with Gasteiger partial charge in [-0.3, -0.25) is 4.79 Å². The minimum atomic E-state index is -0.510. The Labute approximate surface area is 67.9 Å². The average Bonchev–Trinajstić information content (AvgIpc) is 2.03. The van der Waals surface area contributed by atoms with Gasteiger partial charge in [0, 0.05) is 6.42 Å². The van der Waals surface area contributed by atoms with Crippen LogP contribution in [-0.2, 0) is 9.53 Å². The van der Waals surface area contributed by atoms with E-state index in [1.807, 2.05) is 27.7 Å². The molecule has 1 atom stereocenters. The molecule has 0 aromatic carbocycles. The lowest BCUT2D eigenvalue weighted by Gasteiger charge is -2.24. The van der Waals surface area contributed by atoms with E-state index in [1.54, 1.807) is 0 Å². The van der Waals surface area contributed by atoms with Crippen molar-refractivity contribution in [3.8, 4) is 0 Å². The van der Waals surface area contributed by atoms with Gasteiger partial charge >= 0.3 is 0 Å². The van der Waals surface area contributed by atoms with Crippen LogP contribution in [0.25, 0.3) is 0 Å². The number of hydrogen-bond acceptors (Lipinski definition) is 2. The smallest absolute Gasteiger partial charge is 0.167 e. The summed E-state index contributed by atoms with van der Waals surface area (Å²) in [6, 6.07) is 0. The lowest BCUT2D eigenvalue weighted by molar-refractivity contribution is -0.135. The predicted octanol–water partition coefficient (Wildman–Crippen LogP) is 1.92. The third-order valence-electron chi connectivity index (χ3n) is 2.35. The number of carbonyl (C=O) groups is 1. The van der Waals surface area contributed by atoms with Crippen LogP contribution in [0, 0.1) is 0 Å². The Morgan fingerprint density at radius 2 is 2.00 bits per heavy atom. The number of rotatable bonds is 1. The van der Waals surface area contributed by atoms with Gasteiger partial charge in [-0.05, 0) is 27.2 Å². The van der Waals surface area contributed by atoms with E-state index in [0.717, 1.165) is 6.42 Å². The molecule has 1 fully saturated rings. The predicted molar refractivity (Wildman–Crippen MR) is 43.5 cm³/mol. The monoisotopic (exact) mass is 156 g/mol. The summed E-state index contributed by atoms with van der Waals surface area (Å²) < 4.78 is 5.65. The molecule has 1 unspecified atom stereocenters. The summed E-state index contributed by atoms with van der Waals surface area (Å²) in [6.07, 6.45) is 1.33. The van der Waals surface area contributed by atoms with Crippen LogP contribution in [0.15, 0.2) is 0 Å². The van der Waals surface area contributed by atoms with E-state index < -0.39 is 5.60 Å². The zero-order chi connectivity index (χ0) is 8.70. The Hall–Kier alpha value is -0.370. The van der Waals surface area contributed by atoms with Crippen LogP contribution >= 0.6 is 0 Å². The van der Waals surface area contributed by atoms with E-state index in [4.69, 9.17) is 4.74 Å². The third kappa shape index (κ3) is 1.45. The first-order valence-electron chi connectivity index (χ1n) is 4.13. The minimum Gasteiger partial charge on any atom is -0.361 e. The van der Waals surface area contributed by atoms with Gasteiger partial charge in [0.25, 0.3) is 0 Å². The van der Waals surface area contributed by atoms with Gasteiger partial charge in [-0.15, -0.1) is 0 Å². The van der Waals surface area contributed by atoms with Crippen molar-refractivity contribution in [2.45, 2.75) is 51.7 Å². The molecule has 0 saturated carbocycles. The highest BCUT2D eigenvalue weighted by Crippen LogP contribution is 2.36. The molecule has 2 heteroatoms. The molecule has 1 aliphatic rings. The van der Waals surface area contributed by atoms with E-state index in [0.29, 0.717) is 6.42 Å². The standard InChI is InChI=1S/C9H16O2/c1-5-9(4)7(10)6-8(2,3)11-9/h5-6H2,1-4H3. The van der Waals surface area contributed by atoms with Crippen LogP contribution in [0.4, 0.5) is 0 Å². The van der Waals surface area contributed by atoms with Crippen LogP contribution in [-0.4, -0.2) is 17.0 Å². The SMILES string of the molecule is CCC1(C)OC(C)(C)CC1=O. The summed E-state index contributed by atoms with van der Waals surface area (Å²) in [5.74, 6) is 0.241. The second-order valence-electron chi connectivity index (χ2n) is 4.05. The van der Waals surface area contributed by atoms with E-state index in [9.17, 15) is 4.79 Å². The third-order valence-corrected chi connectivity index (χ3v) is 2.35. The number of ketones is 1. The molecule has 0 aliphatic carbocycles. The highest BCUT2D eigenvalue weighted by atomic mass is 16.5. The molecule has 1 heterocycles. The maximum atomic E-state index is 11.4. The van der Waals surface area contributed by atoms with Gasteiger partial charge in [0.2, 0.25) is 0 Å². The second-order valence-corrected chi connectivity index (χ2v) is 4.05. The van der Waals surface area contributed by atoms with Crippen molar-refractivity contribution in [1.29, 1.82) is 0 Å². The summed E-state index contributed by atoms with van der Waals surface area (Å²) in [4.78, 5) is 11.4. The average molecular weight is 156 g/mol. The van der Waals surface area contributed by atoms with Crippen molar-refractivity contribution in [3.63, 3.8) is 0 Å². The molecular formula is C9H16O2. The topological polar surface area (TPSA) is 26.3 Å². The molecule has 1 aliphatic heterocycles. The van der Waals surface area contributed by atoms with Crippen molar-refractivity contribution in [1.82, 2.24) is 0 Å². The van der Waals surface area contributed by atoms with Crippen molar-refractivity contribution in [3.05, 3.63) is 0 Å². The molecule has 0 radical (unpaired) electrons. The van der Waals surface area contributed by atoms with Crippen LogP contribution < -0.4 is 0 Å². The number of carbonyl (C=O) groups excluding carboxylic acids is 1. The highest BCUT2D eigenvalue weighted by Gasteiger charge is 2.46. The highest BCUT2D eigenvalue weighted by molar-refractivity contribution is 5.89. The van der Waals surface area contributed by atoms with Gasteiger partial charge in [-0.2, -0.15) is 0 Å². The first kappa shape index (κ1) is 8.72. The van der Waals surface area contributed by atoms with E-state index >= 15 is 0 Å². The molecule has 0 N–H and O–H groups in total. The van der Waals surface area contributed by atoms with Crippen molar-refractivity contribution in [2.75, 3.05) is 0 Å². The molecule has 0 bridgehead atoms. The van der Waals surface area contributed by atoms with Gasteiger partial charge in [0.15, 0.2) is 5.78 Å². The normalized spacial score (nSPS) is 36.2. The minimum absolute atomic E-state index is 0.241. The number of Topliss-reactive ketones (excluding diaryl/α,β-unsaturated/α-hetero) is 1. The molecule has 1 saturated heterocycles. The zero-order valence-corrected chi connectivity index (χ0v) is 7.73. The van der Waals surface area contributed by atoms with Crippen molar-refractivity contribution in [2.24, 2.45) is 0 Å². The molecular weight excluding hydrogens is 140 g/mol. The summed E-state index contributed by atoms with van der Waals surface area (Å²) in [6.45, 7) is 7.79. The summed E-state index contributed by atoms with van der Waals surface area (Å²) in [7, 11) is 0. The molecule has 0 aromatic heterocycles. The van der Waals surface area contributed by atoms with E-state index in [-0.39, 0.29) is 11.4 Å². The molecule has 11 heavy (non-hydrogen) atoms. The van der Waals surface area contributed by atoms with Gasteiger partial charge < -0.3 is 4.74 Å². The molecule has 64 valence electrons. The number of hydrogen-bond donors (Lipinski definition) is 0. The lowest BCUT2D eigenvalue weighted by atomic mass is 9.96. The Balaban J connectivity index is 2.82. The Kier molecular flexibility index (Phi) is 1.83. The fourth-order valence-corrected chi connectivity index (χ4v) is 1.55. The number of ether oxygens (including phenoxy) is 1. The van der Waals surface area contributed by atoms with Gasteiger partial charge in [-0.25, -0.2) is 0 Å². The van der Waals surface area contributed by atoms with Gasteiger partial charge in [0.1, 0.15) is 5.60 Å². The Morgan fingerprint density at radius 1 is 1.45 bits per heavy atom. The maximum absolute atomic E-state index is 11.4. The van der Waals surface area contributed by atoms with Crippen LogP contribution in [0.1, 0.15) is 40.5 Å². The zero-order valence-electron chi connectivity index (χ0n) is 7.73. The van der Waals surface area contributed by atoms with Crippen LogP contribution in [0.3, 0.4) is 0 Å². The quantitative estimate of drug-likeness (QED) is 0.579. The Bertz CT molecular complexity index is 184. The summed E-state index contributed by atoms with van der Waals surface area (Å²) in [5, 5.41) is 0. The first-order valence-corrected chi connectivity index (χ1v) is 4.13. The Morgan fingerprint density at radius 3 is 2.18 bits per heavy atom. The molecule has 0 aromatic rings. The van der Waals surface area contributed by atoms with Gasteiger partial charge in [0.05, 0.1) is 5.60 Å². The van der Waals surface area contributed by atoms with E-state index in [2.05, 4.69) is 0 Å². The van der Waals surface area contributed by atoms with Crippen LogP contribution in [0.2, 0.25) is 0 Å². The van der Waals surface area contributed by atoms with Crippen molar-refractivity contribution >= 4 is 5.78 Å². The van der Waals surface area contributed by atoms with Gasteiger partial charge in [-0.1, -0.05) is 6.92 Å². The molecule has 1 rings (SSSR count). The maximum Gasteiger partial charge on any atom is 0.167 e.